The van der Waals surface area contributed by atoms with Gasteiger partial charge in [0.05, 0.1) is 38.3 Å². The van der Waals surface area contributed by atoms with Crippen molar-refractivity contribution in [2.45, 2.75) is 13.5 Å². The molecule has 0 radical (unpaired) electrons. The average Bonchev–Trinajstić information content (AvgIpc) is 3.52. The number of azo groups is 1. The lowest BCUT2D eigenvalue weighted by Gasteiger charge is -2.22. The lowest BCUT2D eigenvalue weighted by Crippen LogP contribution is -2.39. The van der Waals surface area contributed by atoms with Gasteiger partial charge in [0.1, 0.15) is 24.7 Å². The van der Waals surface area contributed by atoms with Crippen LogP contribution in [0.25, 0.3) is 0 Å². The number of benzene rings is 4. The van der Waals surface area contributed by atoms with Crippen molar-refractivity contribution in [1.29, 1.82) is 0 Å². The molecule has 0 aliphatic heterocycles. The largest absolute Gasteiger partial charge is 0.726 e. The zero-order valence-corrected chi connectivity index (χ0v) is 27.3. The second-order valence-corrected chi connectivity index (χ2v) is 11.4. The van der Waals surface area contributed by atoms with Gasteiger partial charge in [-0.05, 0) is 48.9 Å². The molecule has 0 bridgehead atoms. The van der Waals surface area contributed by atoms with Crippen molar-refractivity contribution in [3.8, 4) is 0 Å². The Balaban J connectivity index is 0.000000762. The molecule has 11 nitrogen and oxygen atoms in total. The predicted molar refractivity (Wildman–Crippen MR) is 183 cm³/mol. The average molecular weight is 652 g/mol. The molecule has 0 unspecified atom stereocenters. The molecule has 47 heavy (non-hydrogen) atoms. The molecule has 4 aromatic carbocycles. The van der Waals surface area contributed by atoms with E-state index in [4.69, 9.17) is 0 Å². The van der Waals surface area contributed by atoms with Gasteiger partial charge in [0.2, 0.25) is 16.7 Å². The summed E-state index contributed by atoms with van der Waals surface area (Å²) in [6.45, 7) is 4.99. The Morgan fingerprint density at radius 3 is 1.87 bits per heavy atom. The van der Waals surface area contributed by atoms with E-state index in [1.165, 1.54) is 5.69 Å². The lowest BCUT2D eigenvalue weighted by molar-refractivity contribution is -0.693. The van der Waals surface area contributed by atoms with E-state index in [9.17, 15) is 13.0 Å². The van der Waals surface area contributed by atoms with Gasteiger partial charge in [-0.1, -0.05) is 72.8 Å². The standard InChI is InChI=1S/C34H34N7.CH4O4S/c1-3-41(25-24-40-23-22-39(2)27-40)33-20-18-32(19-21-33)37-36-31-16-14-28(15-17-31)26-35-38-34(29-10-6-4-7-11-29)30-12-8-5-9-13-30;1-5-6(2,3)4/h4-23,26-27H,3,24-25H2,1-2H3;1H3,(H,2,3,4)/q+1;/p-1/b35-26+,37-36+;. The van der Waals surface area contributed by atoms with Gasteiger partial charge in [-0.2, -0.15) is 15.3 Å². The molecule has 0 aliphatic rings. The smallest absolute Gasteiger partial charge is 0.243 e. The summed E-state index contributed by atoms with van der Waals surface area (Å²) in [6, 6.07) is 36.2. The maximum atomic E-state index is 9.22. The molecular weight excluding hydrogens is 614 g/mol. The second-order valence-electron chi connectivity index (χ2n) is 10.2. The van der Waals surface area contributed by atoms with E-state index in [0.717, 1.165) is 60.5 Å². The monoisotopic (exact) mass is 651 g/mol. The van der Waals surface area contributed by atoms with Gasteiger partial charge in [-0.15, -0.1) is 5.10 Å². The molecule has 5 aromatic rings. The molecule has 0 fully saturated rings. The number of aromatic nitrogens is 2. The van der Waals surface area contributed by atoms with Crippen LogP contribution in [0.2, 0.25) is 0 Å². The number of nitrogens with zero attached hydrogens (tertiary/aromatic N) is 7. The van der Waals surface area contributed by atoms with Crippen molar-refractivity contribution in [2.75, 3.05) is 25.1 Å². The molecular formula is C35H37N7O4S. The zero-order chi connectivity index (χ0) is 33.5. The number of aryl methyl sites for hydroxylation is 1. The maximum absolute atomic E-state index is 9.22. The van der Waals surface area contributed by atoms with Gasteiger partial charge in [0.15, 0.2) is 0 Å². The predicted octanol–water partition coefficient (Wildman–Crippen LogP) is 6.22. The SMILES string of the molecule is CCN(CC[n+]1ccn(C)c1)c1ccc(/N=N/c2ccc(/C=N/N=C(c3ccccc3)c3ccccc3)cc2)cc1.COS(=O)(=O)[O-]. The summed E-state index contributed by atoms with van der Waals surface area (Å²) < 4.78 is 35.3. The highest BCUT2D eigenvalue weighted by Crippen LogP contribution is 2.22. The fourth-order valence-electron chi connectivity index (χ4n) is 4.44. The van der Waals surface area contributed by atoms with E-state index in [2.05, 4.69) is 76.4 Å². The molecule has 12 heteroatoms. The normalized spacial score (nSPS) is 11.3. The lowest BCUT2D eigenvalue weighted by atomic mass is 10.0. The number of hydrogen-bond donors (Lipinski definition) is 0. The minimum Gasteiger partial charge on any atom is -0.726 e. The van der Waals surface area contributed by atoms with E-state index in [-0.39, 0.29) is 0 Å². The zero-order valence-electron chi connectivity index (χ0n) is 26.5. The fourth-order valence-corrected chi connectivity index (χ4v) is 4.44. The van der Waals surface area contributed by atoms with Crippen LogP contribution in [-0.4, -0.2) is 49.7 Å². The summed E-state index contributed by atoms with van der Waals surface area (Å²) >= 11 is 0. The van der Waals surface area contributed by atoms with E-state index in [0.29, 0.717) is 0 Å². The number of likely N-dealkylation sites (N-methyl/N-ethyl adjacent to an activating group) is 1. The van der Waals surface area contributed by atoms with Crippen molar-refractivity contribution in [3.05, 3.63) is 145 Å². The third kappa shape index (κ3) is 11.5. The van der Waals surface area contributed by atoms with E-state index in [1.54, 1.807) is 6.21 Å². The van der Waals surface area contributed by atoms with Crippen LogP contribution in [0.5, 0.6) is 0 Å². The summed E-state index contributed by atoms with van der Waals surface area (Å²) in [5, 5.41) is 17.8. The number of anilines is 1. The highest BCUT2D eigenvalue weighted by atomic mass is 32.3. The Kier molecular flexibility index (Phi) is 12.8. The van der Waals surface area contributed by atoms with E-state index in [1.807, 2.05) is 104 Å². The number of hydrogen-bond acceptors (Lipinski definition) is 9. The van der Waals surface area contributed by atoms with Gasteiger partial charge >= 0.3 is 0 Å². The van der Waals surface area contributed by atoms with Crippen LogP contribution >= 0.6 is 0 Å². The first-order valence-corrected chi connectivity index (χ1v) is 16.2. The van der Waals surface area contributed by atoms with Gasteiger partial charge < -0.3 is 9.45 Å². The Morgan fingerprint density at radius 1 is 0.872 bits per heavy atom. The minimum atomic E-state index is -4.41. The van der Waals surface area contributed by atoms with Crippen LogP contribution in [0.4, 0.5) is 17.1 Å². The Hall–Kier alpha value is -5.30. The first kappa shape index (κ1) is 34.6. The Labute approximate surface area is 275 Å². The summed E-state index contributed by atoms with van der Waals surface area (Å²) in [6.07, 6.45) is 8.00. The maximum Gasteiger partial charge on any atom is 0.243 e. The molecule has 242 valence electrons. The van der Waals surface area contributed by atoms with Crippen molar-refractivity contribution in [2.24, 2.45) is 27.5 Å². The molecule has 0 N–H and O–H groups in total. The first-order chi connectivity index (χ1) is 22.7. The van der Waals surface area contributed by atoms with Crippen LogP contribution in [0, 0.1) is 0 Å². The second kappa shape index (κ2) is 17.4. The van der Waals surface area contributed by atoms with Crippen molar-refractivity contribution < 1.29 is 21.7 Å². The van der Waals surface area contributed by atoms with Crippen LogP contribution in [0.1, 0.15) is 23.6 Å². The topological polar surface area (TPSA) is 128 Å². The van der Waals surface area contributed by atoms with Crippen LogP contribution in [-0.2, 0) is 28.2 Å². The first-order valence-electron chi connectivity index (χ1n) is 14.8. The van der Waals surface area contributed by atoms with Crippen LogP contribution in [0.3, 0.4) is 0 Å². The fraction of sp³-hybridized carbons (Fsp3) is 0.171. The summed E-state index contributed by atoms with van der Waals surface area (Å²) in [7, 11) is -1.57. The van der Waals surface area contributed by atoms with Crippen LogP contribution < -0.4 is 9.47 Å². The van der Waals surface area contributed by atoms with Gasteiger partial charge in [-0.3, -0.25) is 4.18 Å². The summed E-state index contributed by atoms with van der Waals surface area (Å²) in [5.41, 5.74) is 6.58. The summed E-state index contributed by atoms with van der Waals surface area (Å²) in [5.74, 6) is 0. The minimum absolute atomic E-state index is 0.777. The summed E-state index contributed by atoms with van der Waals surface area (Å²) in [4.78, 5) is 2.36. The number of rotatable bonds is 12. The molecule has 0 atom stereocenters. The third-order valence-electron chi connectivity index (χ3n) is 6.89. The van der Waals surface area contributed by atoms with Crippen LogP contribution in [0.15, 0.2) is 148 Å². The van der Waals surface area contributed by atoms with Gasteiger partial charge in [-0.25, -0.2) is 17.6 Å². The molecule has 0 spiro atoms. The molecule has 0 aliphatic carbocycles. The van der Waals surface area contributed by atoms with E-state index < -0.39 is 10.4 Å². The Bertz CT molecular complexity index is 1830. The Morgan fingerprint density at radius 2 is 1.40 bits per heavy atom. The number of imidazole rings is 1. The molecule has 5 rings (SSSR count). The highest BCUT2D eigenvalue weighted by Gasteiger charge is 2.08. The van der Waals surface area contributed by atoms with Crippen molar-refractivity contribution in [3.63, 3.8) is 0 Å². The van der Waals surface area contributed by atoms with E-state index >= 15 is 0 Å². The molecule has 1 heterocycles. The van der Waals surface area contributed by atoms with Crippen molar-refractivity contribution in [1.82, 2.24) is 4.57 Å². The molecule has 0 saturated carbocycles. The van der Waals surface area contributed by atoms with Crippen molar-refractivity contribution >= 4 is 39.4 Å². The third-order valence-corrected chi connectivity index (χ3v) is 7.29. The molecule has 0 amide bonds. The van der Waals surface area contributed by atoms with Gasteiger partial charge in [0.25, 0.3) is 0 Å². The highest BCUT2D eigenvalue weighted by molar-refractivity contribution is 7.80. The molecule has 1 aromatic heterocycles. The van der Waals surface area contributed by atoms with Gasteiger partial charge in [0, 0.05) is 23.4 Å². The quantitative estimate of drug-likeness (QED) is 0.0395. The molecule has 0 saturated heterocycles.